The van der Waals surface area contributed by atoms with Crippen LogP contribution < -0.4 is 5.32 Å². The van der Waals surface area contributed by atoms with E-state index in [1.807, 2.05) is 29.3 Å². The highest BCUT2D eigenvalue weighted by Gasteiger charge is 2.20. The van der Waals surface area contributed by atoms with Crippen LogP contribution in [0.25, 0.3) is 0 Å². The van der Waals surface area contributed by atoms with Gasteiger partial charge in [0.15, 0.2) is 0 Å². The van der Waals surface area contributed by atoms with E-state index in [-0.39, 0.29) is 6.03 Å². The van der Waals surface area contributed by atoms with Crippen LogP contribution in [0.3, 0.4) is 0 Å². The van der Waals surface area contributed by atoms with Crippen molar-refractivity contribution in [2.24, 2.45) is 0 Å². The summed E-state index contributed by atoms with van der Waals surface area (Å²) < 4.78 is 2.24. The van der Waals surface area contributed by atoms with Crippen LogP contribution in [0.1, 0.15) is 31.2 Å². The molecule has 1 N–H and O–H groups in total. The van der Waals surface area contributed by atoms with Crippen molar-refractivity contribution in [3.05, 3.63) is 54.1 Å². The van der Waals surface area contributed by atoms with Crippen LogP contribution in [-0.4, -0.2) is 64.7 Å². The van der Waals surface area contributed by atoms with E-state index >= 15 is 0 Å². The van der Waals surface area contributed by atoms with Gasteiger partial charge in [0.05, 0.1) is 0 Å². The van der Waals surface area contributed by atoms with Crippen molar-refractivity contribution in [3.8, 4) is 0 Å². The predicted molar refractivity (Wildman–Crippen MR) is 108 cm³/mol. The van der Waals surface area contributed by atoms with Crippen LogP contribution in [-0.2, 0) is 13.0 Å². The molecule has 6 nitrogen and oxygen atoms in total. The van der Waals surface area contributed by atoms with E-state index in [1.165, 1.54) is 5.56 Å². The molecule has 0 unspecified atom stereocenters. The number of urea groups is 1. The van der Waals surface area contributed by atoms with Crippen LogP contribution >= 0.6 is 0 Å². The zero-order valence-electron chi connectivity index (χ0n) is 16.5. The molecule has 0 bridgehead atoms. The second kappa shape index (κ2) is 9.55. The van der Waals surface area contributed by atoms with Gasteiger partial charge in [0.1, 0.15) is 5.82 Å². The first-order valence-corrected chi connectivity index (χ1v) is 9.93. The van der Waals surface area contributed by atoms with Crippen molar-refractivity contribution in [3.63, 3.8) is 0 Å². The zero-order valence-corrected chi connectivity index (χ0v) is 16.5. The monoisotopic (exact) mass is 369 g/mol. The number of rotatable bonds is 7. The Labute approximate surface area is 162 Å². The molecule has 1 aromatic heterocycles. The van der Waals surface area contributed by atoms with E-state index in [0.717, 1.165) is 51.5 Å². The van der Waals surface area contributed by atoms with Crippen LogP contribution in [0.2, 0.25) is 0 Å². The number of carbonyl (C=O) groups is 1. The Hall–Kier alpha value is -2.34. The van der Waals surface area contributed by atoms with Crippen molar-refractivity contribution in [1.29, 1.82) is 0 Å². The molecule has 1 fully saturated rings. The number of carbonyl (C=O) groups excluding carboxylic acids is 1. The molecule has 0 radical (unpaired) electrons. The minimum atomic E-state index is 0.0577. The number of hydrogen-bond donors (Lipinski definition) is 1. The van der Waals surface area contributed by atoms with E-state index in [1.54, 1.807) is 0 Å². The minimum Gasteiger partial charge on any atom is -0.338 e. The fraction of sp³-hybridized carbons (Fsp3) is 0.524. The van der Waals surface area contributed by atoms with Crippen molar-refractivity contribution >= 4 is 6.03 Å². The third-order valence-electron chi connectivity index (χ3n) is 5.11. The third kappa shape index (κ3) is 5.57. The molecule has 1 aliphatic rings. The van der Waals surface area contributed by atoms with E-state index in [2.05, 4.69) is 51.9 Å². The van der Waals surface area contributed by atoms with Gasteiger partial charge in [-0.15, -0.1) is 0 Å². The molecule has 0 aliphatic carbocycles. The van der Waals surface area contributed by atoms with Crippen LogP contribution in [0.5, 0.6) is 0 Å². The third-order valence-corrected chi connectivity index (χ3v) is 5.11. The molecule has 27 heavy (non-hydrogen) atoms. The van der Waals surface area contributed by atoms with Gasteiger partial charge in [0.2, 0.25) is 0 Å². The normalized spacial score (nSPS) is 15.3. The predicted octanol–water partition coefficient (Wildman–Crippen LogP) is 2.58. The average Bonchev–Trinajstić information content (AvgIpc) is 3.16. The van der Waals surface area contributed by atoms with Crippen molar-refractivity contribution in [1.82, 2.24) is 24.7 Å². The topological polar surface area (TPSA) is 53.4 Å². The van der Waals surface area contributed by atoms with Crippen molar-refractivity contribution in [2.45, 2.75) is 32.7 Å². The second-order valence-corrected chi connectivity index (χ2v) is 7.43. The fourth-order valence-corrected chi connectivity index (χ4v) is 3.50. The summed E-state index contributed by atoms with van der Waals surface area (Å²) in [6.45, 7) is 10.4. The lowest BCUT2D eigenvalue weighted by atomic mass is 10.1. The van der Waals surface area contributed by atoms with E-state index in [4.69, 9.17) is 0 Å². The molecule has 2 amide bonds. The first kappa shape index (κ1) is 19.4. The summed E-state index contributed by atoms with van der Waals surface area (Å²) in [5.74, 6) is 1.59. The summed E-state index contributed by atoms with van der Waals surface area (Å²) in [4.78, 5) is 21.1. The Morgan fingerprint density at radius 3 is 2.56 bits per heavy atom. The SMILES string of the molecule is CC(C)c1nccn1CCN1CCN(C(=O)NCCc2ccccc2)CC1. The number of piperazine rings is 1. The highest BCUT2D eigenvalue weighted by molar-refractivity contribution is 5.74. The van der Waals surface area contributed by atoms with Gasteiger partial charge in [-0.05, 0) is 12.0 Å². The lowest BCUT2D eigenvalue weighted by molar-refractivity contribution is 0.136. The molecule has 0 spiro atoms. The summed E-state index contributed by atoms with van der Waals surface area (Å²) in [6.07, 6.45) is 4.81. The minimum absolute atomic E-state index is 0.0577. The number of nitrogens with one attached hydrogen (secondary N) is 1. The van der Waals surface area contributed by atoms with Gasteiger partial charge < -0.3 is 14.8 Å². The van der Waals surface area contributed by atoms with Crippen molar-refractivity contribution < 1.29 is 4.79 Å². The first-order chi connectivity index (χ1) is 13.1. The van der Waals surface area contributed by atoms with Crippen LogP contribution in [0, 0.1) is 0 Å². The summed E-state index contributed by atoms with van der Waals surface area (Å²) >= 11 is 0. The van der Waals surface area contributed by atoms with Gasteiger partial charge in [-0.2, -0.15) is 0 Å². The highest BCUT2D eigenvalue weighted by Crippen LogP contribution is 2.12. The molecule has 1 saturated heterocycles. The molecule has 2 heterocycles. The molecule has 6 heteroatoms. The van der Waals surface area contributed by atoms with Crippen molar-refractivity contribution in [2.75, 3.05) is 39.3 Å². The van der Waals surface area contributed by atoms with E-state index < -0.39 is 0 Å². The van der Waals surface area contributed by atoms with E-state index in [0.29, 0.717) is 12.5 Å². The maximum absolute atomic E-state index is 12.3. The number of aromatic nitrogens is 2. The molecule has 0 saturated carbocycles. The Morgan fingerprint density at radius 2 is 1.85 bits per heavy atom. The zero-order chi connectivity index (χ0) is 19.1. The van der Waals surface area contributed by atoms with Crippen LogP contribution in [0.15, 0.2) is 42.7 Å². The molecule has 1 aliphatic heterocycles. The lowest BCUT2D eigenvalue weighted by Gasteiger charge is -2.34. The number of imidazole rings is 1. The highest BCUT2D eigenvalue weighted by atomic mass is 16.2. The molecule has 3 rings (SSSR count). The first-order valence-electron chi connectivity index (χ1n) is 9.93. The quantitative estimate of drug-likeness (QED) is 0.816. The summed E-state index contributed by atoms with van der Waals surface area (Å²) in [6, 6.07) is 10.3. The molecular formula is C21H31N5O. The van der Waals surface area contributed by atoms with Gasteiger partial charge in [-0.25, -0.2) is 9.78 Å². The largest absolute Gasteiger partial charge is 0.338 e. The summed E-state index contributed by atoms with van der Waals surface area (Å²) in [5, 5.41) is 3.05. The number of hydrogen-bond acceptors (Lipinski definition) is 3. The summed E-state index contributed by atoms with van der Waals surface area (Å²) in [5.41, 5.74) is 1.25. The maximum atomic E-state index is 12.3. The lowest BCUT2D eigenvalue weighted by Crippen LogP contribution is -2.52. The van der Waals surface area contributed by atoms with Gasteiger partial charge in [-0.3, -0.25) is 4.90 Å². The number of nitrogens with zero attached hydrogens (tertiary/aromatic N) is 4. The Kier molecular flexibility index (Phi) is 6.87. The Bertz CT molecular complexity index is 704. The Balaban J connectivity index is 1.35. The fourth-order valence-electron chi connectivity index (χ4n) is 3.50. The molecule has 146 valence electrons. The maximum Gasteiger partial charge on any atom is 0.317 e. The number of amides is 2. The molecule has 2 aromatic rings. The van der Waals surface area contributed by atoms with E-state index in [9.17, 15) is 4.79 Å². The van der Waals surface area contributed by atoms with Gasteiger partial charge >= 0.3 is 6.03 Å². The molecule has 0 atom stereocenters. The Morgan fingerprint density at radius 1 is 1.11 bits per heavy atom. The summed E-state index contributed by atoms with van der Waals surface area (Å²) in [7, 11) is 0. The smallest absolute Gasteiger partial charge is 0.317 e. The van der Waals surface area contributed by atoms with Gasteiger partial charge in [0.25, 0.3) is 0 Å². The second-order valence-electron chi connectivity index (χ2n) is 7.43. The standard InChI is InChI=1S/C21H31N5O/c1-18(2)20-22-10-11-25(20)15-12-24-13-16-26(17-14-24)21(27)23-9-8-19-6-4-3-5-7-19/h3-7,10-11,18H,8-9,12-17H2,1-2H3,(H,23,27). The van der Waals surface area contributed by atoms with Gasteiger partial charge in [-0.1, -0.05) is 44.2 Å². The van der Waals surface area contributed by atoms with Crippen LogP contribution in [0.4, 0.5) is 4.79 Å². The van der Waals surface area contributed by atoms with Gasteiger partial charge in [0, 0.05) is 64.1 Å². The molecule has 1 aromatic carbocycles. The molecular weight excluding hydrogens is 338 g/mol. The number of benzene rings is 1. The average molecular weight is 370 g/mol.